The number of carbonyl (C=O) groups is 1. The summed E-state index contributed by atoms with van der Waals surface area (Å²) in [5, 5.41) is 0. The largest absolute Gasteiger partial charge is 0.481 e. The number of benzene rings is 1. The summed E-state index contributed by atoms with van der Waals surface area (Å²) in [6.45, 7) is 0.878. The van der Waals surface area contributed by atoms with Crippen molar-refractivity contribution in [1.29, 1.82) is 0 Å². The van der Waals surface area contributed by atoms with Crippen molar-refractivity contribution in [2.75, 3.05) is 13.2 Å². The van der Waals surface area contributed by atoms with Crippen LogP contribution in [0, 0.1) is 5.82 Å². The summed E-state index contributed by atoms with van der Waals surface area (Å²) in [4.78, 5) is 22.0. The summed E-state index contributed by atoms with van der Waals surface area (Å²) in [5.41, 5.74) is 1.92. The normalized spacial score (nSPS) is 13.7. The van der Waals surface area contributed by atoms with E-state index < -0.39 is 5.82 Å². The van der Waals surface area contributed by atoms with Crippen molar-refractivity contribution < 1.29 is 13.9 Å². The minimum atomic E-state index is -0.470. The third-order valence-electron chi connectivity index (χ3n) is 3.40. The predicted octanol–water partition coefficient (Wildman–Crippen LogP) is 1.58. The van der Waals surface area contributed by atoms with Gasteiger partial charge in [0.1, 0.15) is 6.33 Å². The number of fused-ring (bicyclic) bond motifs is 1. The van der Waals surface area contributed by atoms with Gasteiger partial charge in [-0.3, -0.25) is 4.79 Å². The van der Waals surface area contributed by atoms with Gasteiger partial charge < -0.3 is 9.64 Å². The van der Waals surface area contributed by atoms with Gasteiger partial charge in [-0.15, -0.1) is 0 Å². The lowest BCUT2D eigenvalue weighted by molar-refractivity contribution is -0.134. The number of ether oxygens (including phenoxy) is 1. The third-order valence-corrected chi connectivity index (χ3v) is 3.40. The molecule has 1 amide bonds. The molecule has 1 aliphatic rings. The van der Waals surface area contributed by atoms with Gasteiger partial charge in [-0.2, -0.15) is 0 Å². The Morgan fingerprint density at radius 2 is 2.24 bits per heavy atom. The van der Waals surface area contributed by atoms with Crippen molar-refractivity contribution in [3.63, 3.8) is 0 Å². The molecular weight excluding hydrogens is 273 g/mol. The molecule has 1 aromatic carbocycles. The first-order valence-corrected chi connectivity index (χ1v) is 6.67. The van der Waals surface area contributed by atoms with Crippen molar-refractivity contribution in [3.8, 4) is 5.75 Å². The van der Waals surface area contributed by atoms with Crippen molar-refractivity contribution >= 4 is 5.91 Å². The molecule has 5 nitrogen and oxygen atoms in total. The number of hydrogen-bond acceptors (Lipinski definition) is 4. The molecule has 108 valence electrons. The molecule has 0 saturated carbocycles. The number of hydrogen-bond donors (Lipinski definition) is 0. The van der Waals surface area contributed by atoms with Gasteiger partial charge in [0.2, 0.25) is 0 Å². The summed E-state index contributed by atoms with van der Waals surface area (Å²) in [6, 6.07) is 6.04. The molecule has 6 heteroatoms. The minimum Gasteiger partial charge on any atom is -0.481 e. The number of aromatic nitrogens is 2. The quantitative estimate of drug-likeness (QED) is 0.860. The van der Waals surface area contributed by atoms with Crippen LogP contribution in [0.15, 0.2) is 36.8 Å². The van der Waals surface area contributed by atoms with Gasteiger partial charge in [0.25, 0.3) is 5.91 Å². The van der Waals surface area contributed by atoms with Gasteiger partial charge in [0, 0.05) is 31.3 Å². The molecule has 0 fully saturated rings. The molecule has 0 atom stereocenters. The van der Waals surface area contributed by atoms with Crippen LogP contribution < -0.4 is 4.74 Å². The molecule has 1 aliphatic heterocycles. The fourth-order valence-electron chi connectivity index (χ4n) is 2.27. The van der Waals surface area contributed by atoms with Crippen LogP contribution in [0.2, 0.25) is 0 Å². The highest BCUT2D eigenvalue weighted by molar-refractivity contribution is 5.78. The molecule has 0 spiro atoms. The Balaban J connectivity index is 1.61. The smallest absolute Gasteiger partial charge is 0.260 e. The molecule has 21 heavy (non-hydrogen) atoms. The first-order chi connectivity index (χ1) is 10.2. The molecule has 2 aromatic rings. The van der Waals surface area contributed by atoms with Crippen LogP contribution in [-0.4, -0.2) is 33.9 Å². The zero-order valence-electron chi connectivity index (χ0n) is 11.3. The average molecular weight is 287 g/mol. The molecule has 2 heterocycles. The summed E-state index contributed by atoms with van der Waals surface area (Å²) >= 11 is 0. The Morgan fingerprint density at radius 3 is 3.10 bits per heavy atom. The lowest BCUT2D eigenvalue weighted by Crippen LogP contribution is -2.39. The van der Waals surface area contributed by atoms with Crippen molar-refractivity contribution in [2.24, 2.45) is 0 Å². The van der Waals surface area contributed by atoms with E-state index in [4.69, 9.17) is 4.74 Å². The molecule has 1 aromatic heterocycles. The summed E-state index contributed by atoms with van der Waals surface area (Å²) < 4.78 is 18.7. The van der Waals surface area contributed by atoms with E-state index in [0.29, 0.717) is 19.5 Å². The molecular formula is C15H14FN3O2. The number of carbonyl (C=O) groups excluding carboxylic acids is 1. The Morgan fingerprint density at radius 1 is 1.38 bits per heavy atom. The minimum absolute atomic E-state index is 0.0894. The number of nitrogens with zero attached hydrogens (tertiary/aromatic N) is 3. The van der Waals surface area contributed by atoms with Gasteiger partial charge in [-0.25, -0.2) is 14.4 Å². The first-order valence-electron chi connectivity index (χ1n) is 6.67. The molecule has 0 bridgehead atoms. The highest BCUT2D eigenvalue weighted by atomic mass is 19.1. The second kappa shape index (κ2) is 5.87. The first kappa shape index (κ1) is 13.5. The van der Waals surface area contributed by atoms with Gasteiger partial charge in [0.15, 0.2) is 18.2 Å². The van der Waals surface area contributed by atoms with Crippen LogP contribution in [0.4, 0.5) is 4.39 Å². The maximum Gasteiger partial charge on any atom is 0.260 e. The van der Waals surface area contributed by atoms with Gasteiger partial charge in [-0.1, -0.05) is 12.1 Å². The molecule has 3 rings (SSSR count). The second-order valence-corrected chi connectivity index (χ2v) is 4.78. The van der Waals surface area contributed by atoms with E-state index in [2.05, 4.69) is 9.97 Å². The van der Waals surface area contributed by atoms with Crippen molar-refractivity contribution in [1.82, 2.24) is 14.9 Å². The van der Waals surface area contributed by atoms with E-state index in [1.807, 2.05) is 0 Å². The highest BCUT2D eigenvalue weighted by Gasteiger charge is 2.22. The fourth-order valence-corrected chi connectivity index (χ4v) is 2.27. The van der Waals surface area contributed by atoms with E-state index >= 15 is 0 Å². The lowest BCUT2D eigenvalue weighted by atomic mass is 10.1. The number of amides is 1. The Bertz CT molecular complexity index is 663. The fraction of sp³-hybridized carbons (Fsp3) is 0.267. The van der Waals surface area contributed by atoms with E-state index in [9.17, 15) is 9.18 Å². The lowest BCUT2D eigenvalue weighted by Gasteiger charge is -2.27. The van der Waals surface area contributed by atoms with Gasteiger partial charge in [-0.05, 0) is 12.1 Å². The van der Waals surface area contributed by atoms with Gasteiger partial charge >= 0.3 is 0 Å². The topological polar surface area (TPSA) is 55.3 Å². The van der Waals surface area contributed by atoms with Crippen LogP contribution in [0.5, 0.6) is 5.75 Å². The zero-order valence-corrected chi connectivity index (χ0v) is 11.3. The number of para-hydroxylation sites is 1. The molecule has 0 N–H and O–H groups in total. The van der Waals surface area contributed by atoms with Crippen LogP contribution in [0.25, 0.3) is 0 Å². The van der Waals surface area contributed by atoms with Gasteiger partial charge in [0.05, 0.1) is 5.69 Å². The van der Waals surface area contributed by atoms with Crippen molar-refractivity contribution in [3.05, 3.63) is 53.9 Å². The zero-order chi connectivity index (χ0) is 14.7. The van der Waals surface area contributed by atoms with Crippen LogP contribution in [0.3, 0.4) is 0 Å². The van der Waals surface area contributed by atoms with E-state index in [1.165, 1.54) is 18.5 Å². The van der Waals surface area contributed by atoms with E-state index in [1.54, 1.807) is 23.2 Å². The number of rotatable bonds is 3. The molecule has 0 radical (unpaired) electrons. The maximum absolute atomic E-state index is 13.4. The standard InChI is InChI=1S/C15H14FN3O2/c16-12-3-1-2-4-14(12)21-9-15(20)19-6-5-13-11(8-19)7-17-10-18-13/h1-4,7,10H,5-6,8-9H2. The Hall–Kier alpha value is -2.50. The maximum atomic E-state index is 13.4. The molecule has 0 saturated heterocycles. The highest BCUT2D eigenvalue weighted by Crippen LogP contribution is 2.17. The summed E-state index contributed by atoms with van der Waals surface area (Å²) in [6.07, 6.45) is 3.93. The second-order valence-electron chi connectivity index (χ2n) is 4.78. The Kier molecular flexibility index (Phi) is 3.77. The van der Waals surface area contributed by atoms with E-state index in [-0.39, 0.29) is 18.3 Å². The Labute approximate surface area is 121 Å². The number of halogens is 1. The van der Waals surface area contributed by atoms with Crippen molar-refractivity contribution in [2.45, 2.75) is 13.0 Å². The monoisotopic (exact) mass is 287 g/mol. The SMILES string of the molecule is O=C(COc1ccccc1F)N1CCc2ncncc2C1. The molecule has 0 unspecified atom stereocenters. The van der Waals surface area contributed by atoms with Crippen LogP contribution in [0.1, 0.15) is 11.3 Å². The summed E-state index contributed by atoms with van der Waals surface area (Å²) in [5.74, 6) is -0.554. The van der Waals surface area contributed by atoms with E-state index in [0.717, 1.165) is 11.3 Å². The average Bonchev–Trinajstić information content (AvgIpc) is 2.53. The summed E-state index contributed by atoms with van der Waals surface area (Å²) in [7, 11) is 0. The van der Waals surface area contributed by atoms with Crippen LogP contribution >= 0.6 is 0 Å². The van der Waals surface area contributed by atoms with Crippen LogP contribution in [-0.2, 0) is 17.8 Å². The predicted molar refractivity (Wildman–Crippen MR) is 73.0 cm³/mol. The molecule has 0 aliphatic carbocycles. The third kappa shape index (κ3) is 2.99.